The van der Waals surface area contributed by atoms with Gasteiger partial charge in [-0.05, 0) is 18.2 Å². The molecule has 0 saturated carbocycles. The molecule has 0 unspecified atom stereocenters. The fourth-order valence-electron chi connectivity index (χ4n) is 2.51. The molecule has 0 spiro atoms. The number of aliphatic hydroxyl groups excluding tert-OH is 1. The Morgan fingerprint density at radius 3 is 3.05 bits per heavy atom. The summed E-state index contributed by atoms with van der Waals surface area (Å²) in [6.45, 7) is 0.585. The minimum Gasteiger partial charge on any atom is -0.394 e. The first-order chi connectivity index (χ1) is 10.3. The lowest BCUT2D eigenvalue weighted by atomic mass is 10.2. The van der Waals surface area contributed by atoms with Gasteiger partial charge in [-0.3, -0.25) is 4.68 Å². The second kappa shape index (κ2) is 4.71. The van der Waals surface area contributed by atoms with Gasteiger partial charge in [0.1, 0.15) is 0 Å². The van der Waals surface area contributed by atoms with E-state index >= 15 is 0 Å². The van der Waals surface area contributed by atoms with Crippen molar-refractivity contribution in [2.45, 2.75) is 6.54 Å². The normalized spacial score (nSPS) is 11.5. The Balaban J connectivity index is 1.86. The molecule has 0 aliphatic carbocycles. The first kappa shape index (κ1) is 12.1. The average Bonchev–Trinajstić information content (AvgIpc) is 3.09. The summed E-state index contributed by atoms with van der Waals surface area (Å²) in [5.74, 6) is 0. The zero-order valence-corrected chi connectivity index (χ0v) is 11.3. The van der Waals surface area contributed by atoms with Crippen LogP contribution in [0, 0.1) is 6.07 Å². The third kappa shape index (κ3) is 1.98. The minimum absolute atomic E-state index is 0.0829. The molecule has 0 saturated heterocycles. The van der Waals surface area contributed by atoms with Gasteiger partial charge in [0.2, 0.25) is 0 Å². The van der Waals surface area contributed by atoms with Crippen molar-refractivity contribution in [3.8, 4) is 5.69 Å². The maximum atomic E-state index is 8.99. The molecule has 0 aliphatic rings. The monoisotopic (exact) mass is 277 g/mol. The summed E-state index contributed by atoms with van der Waals surface area (Å²) in [4.78, 5) is 0. The second-order valence-corrected chi connectivity index (χ2v) is 4.89. The topological polar surface area (TPSA) is 55.9 Å². The van der Waals surface area contributed by atoms with Gasteiger partial charge in [0.25, 0.3) is 0 Å². The van der Waals surface area contributed by atoms with E-state index in [-0.39, 0.29) is 6.61 Å². The molecular formula is C16H13N4O. The van der Waals surface area contributed by atoms with Crippen molar-refractivity contribution >= 4 is 21.8 Å². The van der Waals surface area contributed by atoms with E-state index in [1.807, 2.05) is 53.5 Å². The fourth-order valence-corrected chi connectivity index (χ4v) is 2.51. The molecule has 103 valence electrons. The zero-order chi connectivity index (χ0) is 14.2. The number of nitrogens with zero attached hydrogens (tertiary/aromatic N) is 4. The fraction of sp³-hybridized carbons (Fsp3) is 0.125. The lowest BCUT2D eigenvalue weighted by Gasteiger charge is -2.02. The highest BCUT2D eigenvalue weighted by atomic mass is 16.3. The largest absolute Gasteiger partial charge is 0.394 e. The Hall–Kier alpha value is -2.66. The number of rotatable bonds is 3. The number of hydrogen-bond donors (Lipinski definition) is 1. The van der Waals surface area contributed by atoms with Crippen LogP contribution in [-0.2, 0) is 6.54 Å². The summed E-state index contributed by atoms with van der Waals surface area (Å²) >= 11 is 0. The van der Waals surface area contributed by atoms with Crippen LogP contribution >= 0.6 is 0 Å². The third-order valence-corrected chi connectivity index (χ3v) is 3.50. The van der Waals surface area contributed by atoms with Gasteiger partial charge in [0.15, 0.2) is 0 Å². The first-order valence-corrected chi connectivity index (χ1v) is 6.78. The van der Waals surface area contributed by atoms with Crippen molar-refractivity contribution in [2.24, 2.45) is 0 Å². The van der Waals surface area contributed by atoms with Crippen LogP contribution in [0.1, 0.15) is 0 Å². The molecule has 5 heteroatoms. The standard InChI is InChI=1S/C16H13N4O/c21-8-7-19-11-13-5-6-14(9-15(13)18-19)20-16-4-2-1-3-12(16)10-17-20/h1-3,5-6,9-11,21H,7-8H2. The van der Waals surface area contributed by atoms with Gasteiger partial charge in [-0.25, -0.2) is 4.68 Å². The number of fused-ring (bicyclic) bond motifs is 2. The van der Waals surface area contributed by atoms with Crippen molar-refractivity contribution < 1.29 is 5.11 Å². The predicted octanol–water partition coefficient (Wildman–Crippen LogP) is 2.17. The van der Waals surface area contributed by atoms with E-state index in [9.17, 15) is 0 Å². The quantitative estimate of drug-likeness (QED) is 0.624. The van der Waals surface area contributed by atoms with E-state index in [1.165, 1.54) is 0 Å². The maximum absolute atomic E-state index is 8.99. The SMILES string of the molecule is OCCn1cc2ccc(-n3ncc4ccc[c]c43)cc2n1. The summed E-state index contributed by atoms with van der Waals surface area (Å²) in [5.41, 5.74) is 2.79. The van der Waals surface area contributed by atoms with Crippen molar-refractivity contribution in [2.75, 3.05) is 6.61 Å². The number of para-hydroxylation sites is 1. The van der Waals surface area contributed by atoms with E-state index in [0.717, 1.165) is 27.5 Å². The van der Waals surface area contributed by atoms with E-state index < -0.39 is 0 Å². The van der Waals surface area contributed by atoms with E-state index in [1.54, 1.807) is 4.68 Å². The second-order valence-electron chi connectivity index (χ2n) is 4.89. The molecule has 0 bridgehead atoms. The smallest absolute Gasteiger partial charge is 0.0944 e. The van der Waals surface area contributed by atoms with Crippen molar-refractivity contribution in [1.82, 2.24) is 19.6 Å². The first-order valence-electron chi connectivity index (χ1n) is 6.78. The van der Waals surface area contributed by atoms with Gasteiger partial charge >= 0.3 is 0 Å². The molecule has 2 aromatic carbocycles. The van der Waals surface area contributed by atoms with Crippen LogP contribution in [-0.4, -0.2) is 31.3 Å². The molecule has 0 fully saturated rings. The van der Waals surface area contributed by atoms with Crippen molar-refractivity contribution in [3.63, 3.8) is 0 Å². The molecule has 4 rings (SSSR count). The zero-order valence-electron chi connectivity index (χ0n) is 11.3. The number of aliphatic hydroxyl groups is 1. The highest BCUT2D eigenvalue weighted by Crippen LogP contribution is 2.21. The Labute approximate surface area is 121 Å². The van der Waals surface area contributed by atoms with Crippen LogP contribution in [0.5, 0.6) is 0 Å². The highest BCUT2D eigenvalue weighted by Gasteiger charge is 2.07. The molecule has 2 aromatic heterocycles. The molecule has 4 aromatic rings. The molecular weight excluding hydrogens is 264 g/mol. The minimum atomic E-state index is 0.0829. The number of benzene rings is 2. The summed E-state index contributed by atoms with van der Waals surface area (Å²) in [5, 5.41) is 20.0. The lowest BCUT2D eigenvalue weighted by Crippen LogP contribution is -2.01. The Kier molecular flexibility index (Phi) is 2.72. The van der Waals surface area contributed by atoms with E-state index in [4.69, 9.17) is 5.11 Å². The van der Waals surface area contributed by atoms with Gasteiger partial charge in [0, 0.05) is 23.0 Å². The summed E-state index contributed by atoms with van der Waals surface area (Å²) < 4.78 is 3.61. The van der Waals surface area contributed by atoms with Gasteiger partial charge in [-0.2, -0.15) is 10.2 Å². The maximum Gasteiger partial charge on any atom is 0.0944 e. The number of hydrogen-bond acceptors (Lipinski definition) is 3. The molecule has 21 heavy (non-hydrogen) atoms. The van der Waals surface area contributed by atoms with Crippen LogP contribution in [0.2, 0.25) is 0 Å². The van der Waals surface area contributed by atoms with Crippen LogP contribution in [0.15, 0.2) is 48.8 Å². The van der Waals surface area contributed by atoms with Crippen molar-refractivity contribution in [3.05, 3.63) is 54.9 Å². The van der Waals surface area contributed by atoms with Gasteiger partial charge in [-0.15, -0.1) is 0 Å². The Morgan fingerprint density at radius 2 is 2.14 bits per heavy atom. The van der Waals surface area contributed by atoms with Crippen molar-refractivity contribution in [1.29, 1.82) is 0 Å². The molecule has 5 nitrogen and oxygen atoms in total. The van der Waals surface area contributed by atoms with E-state index in [2.05, 4.69) is 16.3 Å². The van der Waals surface area contributed by atoms with Crippen LogP contribution in [0.25, 0.3) is 27.5 Å². The molecule has 0 atom stereocenters. The molecule has 0 aliphatic heterocycles. The lowest BCUT2D eigenvalue weighted by molar-refractivity contribution is 0.270. The molecule has 2 heterocycles. The van der Waals surface area contributed by atoms with E-state index in [0.29, 0.717) is 6.54 Å². The average molecular weight is 277 g/mol. The summed E-state index contributed by atoms with van der Waals surface area (Å²) in [6, 6.07) is 15.1. The van der Waals surface area contributed by atoms with Crippen LogP contribution in [0.3, 0.4) is 0 Å². The molecule has 1 radical (unpaired) electrons. The van der Waals surface area contributed by atoms with Crippen LogP contribution in [0.4, 0.5) is 0 Å². The highest BCUT2D eigenvalue weighted by molar-refractivity contribution is 5.83. The van der Waals surface area contributed by atoms with Gasteiger partial charge in [0.05, 0.1) is 36.1 Å². The van der Waals surface area contributed by atoms with Crippen LogP contribution < -0.4 is 0 Å². The summed E-state index contributed by atoms with van der Waals surface area (Å²) in [6.07, 6.45) is 3.77. The molecule has 1 N–H and O–H groups in total. The molecule has 0 amide bonds. The predicted molar refractivity (Wildman–Crippen MR) is 80.3 cm³/mol. The van der Waals surface area contributed by atoms with Gasteiger partial charge in [-0.1, -0.05) is 18.2 Å². The summed E-state index contributed by atoms with van der Waals surface area (Å²) in [7, 11) is 0. The Morgan fingerprint density at radius 1 is 1.19 bits per heavy atom. The number of aromatic nitrogens is 4. The third-order valence-electron chi connectivity index (χ3n) is 3.50. The van der Waals surface area contributed by atoms with Gasteiger partial charge < -0.3 is 5.11 Å². The Bertz CT molecular complexity index is 922.